The van der Waals surface area contributed by atoms with E-state index in [1.807, 2.05) is 31.5 Å². The van der Waals surface area contributed by atoms with Crippen LogP contribution < -0.4 is 9.80 Å². The molecule has 1 saturated heterocycles. The van der Waals surface area contributed by atoms with Gasteiger partial charge >= 0.3 is 0 Å². The molecule has 4 rings (SSSR count). The van der Waals surface area contributed by atoms with E-state index in [4.69, 9.17) is 0 Å². The van der Waals surface area contributed by atoms with Crippen LogP contribution in [-0.2, 0) is 6.42 Å². The number of hydrogen-bond donors (Lipinski definition) is 0. The number of aryl methyl sites for hydroxylation is 2. The minimum Gasteiger partial charge on any atom is -0.353 e. The van der Waals surface area contributed by atoms with E-state index in [2.05, 4.69) is 42.0 Å². The maximum atomic E-state index is 4.69. The minimum absolute atomic E-state index is 0.780. The first-order valence-electron chi connectivity index (χ1n) is 8.74. The summed E-state index contributed by atoms with van der Waals surface area (Å²) in [6, 6.07) is 3.99. The van der Waals surface area contributed by atoms with Gasteiger partial charge in [-0.25, -0.2) is 9.97 Å². The Morgan fingerprint density at radius 2 is 1.72 bits per heavy atom. The van der Waals surface area contributed by atoms with Crippen molar-refractivity contribution in [1.29, 1.82) is 0 Å². The molecule has 0 radical (unpaired) electrons. The Morgan fingerprint density at radius 3 is 2.52 bits per heavy atom. The molecule has 3 aromatic heterocycles. The maximum Gasteiger partial charge on any atom is 0.225 e. The van der Waals surface area contributed by atoms with Crippen LogP contribution in [0.2, 0.25) is 0 Å². The van der Waals surface area contributed by atoms with Crippen molar-refractivity contribution in [2.45, 2.75) is 26.7 Å². The molecule has 0 unspecified atom stereocenters. The van der Waals surface area contributed by atoms with E-state index >= 15 is 0 Å². The predicted molar refractivity (Wildman–Crippen MR) is 96.0 cm³/mol. The molecule has 130 valence electrons. The van der Waals surface area contributed by atoms with Crippen molar-refractivity contribution in [3.8, 4) is 0 Å². The number of hydrogen-bond acceptors (Lipinski definition) is 7. The molecule has 1 aliphatic rings. The summed E-state index contributed by atoms with van der Waals surface area (Å²) >= 11 is 0. The zero-order chi connectivity index (χ0) is 17.2. The summed E-state index contributed by atoms with van der Waals surface area (Å²) in [5.41, 5.74) is 1.95. The zero-order valence-electron chi connectivity index (χ0n) is 14.6. The average molecular weight is 338 g/mol. The minimum atomic E-state index is 0.780. The van der Waals surface area contributed by atoms with Gasteiger partial charge in [0.1, 0.15) is 5.82 Å². The number of fused-ring (bicyclic) bond motifs is 1. The molecule has 0 amide bonds. The van der Waals surface area contributed by atoms with Gasteiger partial charge in [0.15, 0.2) is 11.5 Å². The first-order valence-corrected chi connectivity index (χ1v) is 8.74. The fourth-order valence-corrected chi connectivity index (χ4v) is 3.10. The Labute approximate surface area is 146 Å². The molecule has 8 heteroatoms. The zero-order valence-corrected chi connectivity index (χ0v) is 14.6. The van der Waals surface area contributed by atoms with Gasteiger partial charge in [-0.1, -0.05) is 6.92 Å². The normalized spacial score (nSPS) is 15.6. The first kappa shape index (κ1) is 15.7. The summed E-state index contributed by atoms with van der Waals surface area (Å²) in [6.07, 6.45) is 5.86. The van der Waals surface area contributed by atoms with E-state index in [1.165, 1.54) is 5.56 Å². The second-order valence-corrected chi connectivity index (χ2v) is 6.28. The molecular weight excluding hydrogens is 316 g/mol. The molecule has 25 heavy (non-hydrogen) atoms. The van der Waals surface area contributed by atoms with Crippen LogP contribution in [0.25, 0.3) is 5.65 Å². The SMILES string of the molecule is CCc1cnc(N2CCCN(c3ccc4nnc(C)n4n3)CC2)nc1. The lowest BCUT2D eigenvalue weighted by atomic mass is 10.3. The summed E-state index contributed by atoms with van der Waals surface area (Å²) in [5.74, 6) is 2.58. The molecule has 8 nitrogen and oxygen atoms in total. The van der Waals surface area contributed by atoms with Crippen LogP contribution in [0.4, 0.5) is 11.8 Å². The van der Waals surface area contributed by atoms with Gasteiger partial charge in [0.25, 0.3) is 0 Å². The molecule has 1 fully saturated rings. The molecule has 0 aromatic carbocycles. The molecular formula is C17H22N8. The predicted octanol–water partition coefficient (Wildman–Crippen LogP) is 1.50. The maximum absolute atomic E-state index is 4.69. The highest BCUT2D eigenvalue weighted by Crippen LogP contribution is 2.17. The van der Waals surface area contributed by atoms with Crippen molar-refractivity contribution in [2.75, 3.05) is 36.0 Å². The van der Waals surface area contributed by atoms with E-state index in [1.54, 1.807) is 4.52 Å². The van der Waals surface area contributed by atoms with Gasteiger partial charge in [-0.05, 0) is 37.5 Å². The summed E-state index contributed by atoms with van der Waals surface area (Å²) in [7, 11) is 0. The smallest absolute Gasteiger partial charge is 0.225 e. The first-order chi connectivity index (χ1) is 12.2. The fourth-order valence-electron chi connectivity index (χ4n) is 3.10. The van der Waals surface area contributed by atoms with Crippen LogP contribution in [0.15, 0.2) is 24.5 Å². The average Bonchev–Trinajstić information content (AvgIpc) is 2.87. The second-order valence-electron chi connectivity index (χ2n) is 6.28. The monoisotopic (exact) mass is 338 g/mol. The van der Waals surface area contributed by atoms with Crippen molar-refractivity contribution in [3.63, 3.8) is 0 Å². The van der Waals surface area contributed by atoms with E-state index in [0.717, 1.165) is 62.3 Å². The third-order valence-corrected chi connectivity index (χ3v) is 4.61. The highest BCUT2D eigenvalue weighted by atomic mass is 15.4. The number of aromatic nitrogens is 6. The summed E-state index contributed by atoms with van der Waals surface area (Å²) in [4.78, 5) is 13.6. The number of rotatable bonds is 3. The molecule has 0 bridgehead atoms. The van der Waals surface area contributed by atoms with Crippen molar-refractivity contribution < 1.29 is 0 Å². The standard InChI is InChI=1S/C17H22N8/c1-3-14-11-18-17(19-12-14)24-8-4-7-23(9-10-24)16-6-5-15-21-20-13(2)25(15)22-16/h5-6,11-12H,3-4,7-10H2,1-2H3. The lowest BCUT2D eigenvalue weighted by Crippen LogP contribution is -2.32. The van der Waals surface area contributed by atoms with E-state index < -0.39 is 0 Å². The third kappa shape index (κ3) is 3.11. The van der Waals surface area contributed by atoms with Gasteiger partial charge in [-0.15, -0.1) is 15.3 Å². The topological polar surface area (TPSA) is 75.3 Å². The van der Waals surface area contributed by atoms with Gasteiger partial charge in [-0.3, -0.25) is 0 Å². The lowest BCUT2D eigenvalue weighted by Gasteiger charge is -2.22. The molecule has 0 saturated carbocycles. The van der Waals surface area contributed by atoms with Crippen molar-refractivity contribution >= 4 is 17.4 Å². The third-order valence-electron chi connectivity index (χ3n) is 4.61. The highest BCUT2D eigenvalue weighted by molar-refractivity contribution is 5.46. The van der Waals surface area contributed by atoms with Crippen LogP contribution in [0.1, 0.15) is 24.7 Å². The van der Waals surface area contributed by atoms with Crippen LogP contribution in [-0.4, -0.2) is 56.0 Å². The lowest BCUT2D eigenvalue weighted by molar-refractivity contribution is 0.768. The van der Waals surface area contributed by atoms with E-state index in [0.29, 0.717) is 0 Å². The fraction of sp³-hybridized carbons (Fsp3) is 0.471. The van der Waals surface area contributed by atoms with Gasteiger partial charge in [0.2, 0.25) is 5.95 Å². The van der Waals surface area contributed by atoms with Crippen molar-refractivity contribution in [1.82, 2.24) is 29.8 Å². The largest absolute Gasteiger partial charge is 0.353 e. The Morgan fingerprint density at radius 1 is 0.960 bits per heavy atom. The molecule has 0 atom stereocenters. The quantitative estimate of drug-likeness (QED) is 0.716. The van der Waals surface area contributed by atoms with Crippen LogP contribution in [0.3, 0.4) is 0 Å². The second kappa shape index (κ2) is 6.62. The van der Waals surface area contributed by atoms with Crippen molar-refractivity contribution in [2.24, 2.45) is 0 Å². The number of anilines is 2. The van der Waals surface area contributed by atoms with Crippen LogP contribution >= 0.6 is 0 Å². The molecule has 4 heterocycles. The van der Waals surface area contributed by atoms with Crippen LogP contribution in [0.5, 0.6) is 0 Å². The molecule has 0 N–H and O–H groups in total. The molecule has 0 aliphatic carbocycles. The number of nitrogens with zero attached hydrogens (tertiary/aromatic N) is 8. The van der Waals surface area contributed by atoms with Gasteiger partial charge in [0.05, 0.1) is 0 Å². The highest BCUT2D eigenvalue weighted by Gasteiger charge is 2.18. The molecule has 1 aliphatic heterocycles. The van der Waals surface area contributed by atoms with Crippen molar-refractivity contribution in [3.05, 3.63) is 35.9 Å². The Hall–Kier alpha value is -2.77. The van der Waals surface area contributed by atoms with E-state index in [9.17, 15) is 0 Å². The molecule has 0 spiro atoms. The van der Waals surface area contributed by atoms with E-state index in [-0.39, 0.29) is 0 Å². The van der Waals surface area contributed by atoms with Gasteiger partial charge in [0, 0.05) is 38.6 Å². The summed E-state index contributed by atoms with van der Waals surface area (Å²) < 4.78 is 1.80. The molecule has 3 aromatic rings. The Kier molecular flexibility index (Phi) is 4.17. The Balaban J connectivity index is 1.50. The Bertz CT molecular complexity index is 857. The van der Waals surface area contributed by atoms with Gasteiger partial charge < -0.3 is 9.80 Å². The summed E-state index contributed by atoms with van der Waals surface area (Å²) in [6.45, 7) is 7.71. The van der Waals surface area contributed by atoms with Gasteiger partial charge in [-0.2, -0.15) is 4.52 Å². The summed E-state index contributed by atoms with van der Waals surface area (Å²) in [5, 5.41) is 12.9. The van der Waals surface area contributed by atoms with Crippen LogP contribution in [0, 0.1) is 6.92 Å².